The van der Waals surface area contributed by atoms with E-state index in [1.165, 1.54) is 25.1 Å². The van der Waals surface area contributed by atoms with E-state index in [1.807, 2.05) is 0 Å². The van der Waals surface area contributed by atoms with E-state index < -0.39 is 23.5 Å². The van der Waals surface area contributed by atoms with Crippen LogP contribution < -0.4 is 16.0 Å². The highest BCUT2D eigenvalue weighted by molar-refractivity contribution is 6.33. The number of nitrogens with one attached hydrogen (secondary N) is 3. The molecule has 4 N–H and O–H groups in total. The van der Waals surface area contributed by atoms with Crippen molar-refractivity contribution in [1.82, 2.24) is 15.3 Å². The molecule has 0 aliphatic heterocycles. The van der Waals surface area contributed by atoms with Crippen LogP contribution in [-0.4, -0.2) is 40.0 Å². The number of nitrogens with zero attached hydrogens (tertiary/aromatic N) is 2. The zero-order valence-corrected chi connectivity index (χ0v) is 15.1. The van der Waals surface area contributed by atoms with Gasteiger partial charge in [0.25, 0.3) is 0 Å². The largest absolute Gasteiger partial charge is 0.478 e. The monoisotopic (exact) mass is 417 g/mol. The lowest BCUT2D eigenvalue weighted by Crippen LogP contribution is -2.27. The summed E-state index contributed by atoms with van der Waals surface area (Å²) in [6.45, 7) is 1.39. The predicted molar refractivity (Wildman–Crippen MR) is 95.9 cm³/mol. The van der Waals surface area contributed by atoms with Crippen molar-refractivity contribution < 1.29 is 27.9 Å². The third-order valence-electron chi connectivity index (χ3n) is 3.35. The first kappa shape index (κ1) is 21.2. The van der Waals surface area contributed by atoms with Gasteiger partial charge in [0.2, 0.25) is 11.9 Å². The molecule has 0 spiro atoms. The summed E-state index contributed by atoms with van der Waals surface area (Å²) >= 11 is 5.98. The second-order valence-corrected chi connectivity index (χ2v) is 5.90. The summed E-state index contributed by atoms with van der Waals surface area (Å²) in [5.41, 5.74) is -0.909. The number of hydrogen-bond acceptors (Lipinski definition) is 6. The summed E-state index contributed by atoms with van der Waals surface area (Å²) in [6.07, 6.45) is -4.08. The molecular formula is C16H15ClF3N5O3. The van der Waals surface area contributed by atoms with Crippen molar-refractivity contribution >= 4 is 40.9 Å². The molecule has 0 bridgehead atoms. The lowest BCUT2D eigenvalue weighted by molar-refractivity contribution is -0.137. The van der Waals surface area contributed by atoms with E-state index in [0.29, 0.717) is 6.20 Å². The molecule has 12 heteroatoms. The van der Waals surface area contributed by atoms with Gasteiger partial charge in [0.15, 0.2) is 0 Å². The first-order chi connectivity index (χ1) is 13.1. The molecular weight excluding hydrogens is 403 g/mol. The number of hydrogen-bond donors (Lipinski definition) is 4. The Morgan fingerprint density at radius 2 is 1.96 bits per heavy atom. The number of alkyl halides is 3. The van der Waals surface area contributed by atoms with Gasteiger partial charge in [-0.1, -0.05) is 11.6 Å². The second kappa shape index (κ2) is 8.74. The van der Waals surface area contributed by atoms with Gasteiger partial charge >= 0.3 is 12.1 Å². The van der Waals surface area contributed by atoms with Crippen LogP contribution in [0.1, 0.15) is 22.8 Å². The van der Waals surface area contributed by atoms with Crippen molar-refractivity contribution in [1.29, 1.82) is 0 Å². The number of carboxylic acids is 1. The van der Waals surface area contributed by atoms with Crippen LogP contribution in [0.4, 0.5) is 30.6 Å². The van der Waals surface area contributed by atoms with E-state index in [1.54, 1.807) is 0 Å². The number of aromatic carboxylic acids is 1. The highest BCUT2D eigenvalue weighted by Crippen LogP contribution is 2.34. The van der Waals surface area contributed by atoms with Gasteiger partial charge in [-0.05, 0) is 18.2 Å². The quantitative estimate of drug-likeness (QED) is 0.511. The Labute approximate surface area is 162 Å². The maximum Gasteiger partial charge on any atom is 0.421 e. The van der Waals surface area contributed by atoms with Gasteiger partial charge < -0.3 is 21.1 Å². The van der Waals surface area contributed by atoms with Crippen molar-refractivity contribution in [3.05, 3.63) is 40.5 Å². The molecule has 1 aromatic heterocycles. The molecule has 1 amide bonds. The minimum absolute atomic E-state index is 0.00712. The average Bonchev–Trinajstić information content (AvgIpc) is 2.59. The van der Waals surface area contributed by atoms with Crippen LogP contribution in [-0.2, 0) is 11.0 Å². The Balaban J connectivity index is 2.24. The van der Waals surface area contributed by atoms with Crippen LogP contribution in [0.2, 0.25) is 5.02 Å². The second-order valence-electron chi connectivity index (χ2n) is 5.49. The summed E-state index contributed by atoms with van der Waals surface area (Å²) in [5.74, 6) is -2.15. The first-order valence-electron chi connectivity index (χ1n) is 7.80. The number of carbonyl (C=O) groups is 2. The smallest absolute Gasteiger partial charge is 0.421 e. The van der Waals surface area contributed by atoms with E-state index in [2.05, 4.69) is 25.9 Å². The molecule has 0 aliphatic rings. The first-order valence-corrected chi connectivity index (χ1v) is 8.18. The van der Waals surface area contributed by atoms with E-state index in [4.69, 9.17) is 16.7 Å². The van der Waals surface area contributed by atoms with Crippen LogP contribution in [0, 0.1) is 0 Å². The zero-order chi connectivity index (χ0) is 20.9. The molecule has 0 saturated heterocycles. The van der Waals surface area contributed by atoms with E-state index in [-0.39, 0.29) is 41.2 Å². The standard InChI is InChI=1S/C16H15ClF3N5O3/c1-8(26)21-4-5-22-13-10(16(18,19)20)7-23-15(25-13)24-12-3-2-9(14(27)28)6-11(12)17/h2-3,6-7H,4-5H2,1H3,(H,21,26)(H,27,28)(H2,22,23,24,25). The maximum absolute atomic E-state index is 13.1. The van der Waals surface area contributed by atoms with Gasteiger partial charge in [0.05, 0.1) is 16.3 Å². The Morgan fingerprint density at radius 3 is 2.54 bits per heavy atom. The normalized spacial score (nSPS) is 11.0. The fraction of sp³-hybridized carbons (Fsp3) is 0.250. The van der Waals surface area contributed by atoms with E-state index in [9.17, 15) is 22.8 Å². The number of rotatable bonds is 7. The average molecular weight is 418 g/mol. The van der Waals surface area contributed by atoms with Crippen LogP contribution in [0.5, 0.6) is 0 Å². The zero-order valence-electron chi connectivity index (χ0n) is 14.4. The lowest BCUT2D eigenvalue weighted by Gasteiger charge is -2.15. The van der Waals surface area contributed by atoms with Crippen LogP contribution in [0.15, 0.2) is 24.4 Å². The number of halogens is 4. The molecule has 1 heterocycles. The molecule has 0 saturated carbocycles. The molecule has 1 aromatic carbocycles. The molecule has 8 nitrogen and oxygen atoms in total. The van der Waals surface area contributed by atoms with Crippen molar-refractivity contribution in [2.45, 2.75) is 13.1 Å². The van der Waals surface area contributed by atoms with Crippen molar-refractivity contribution in [2.24, 2.45) is 0 Å². The minimum atomic E-state index is -4.68. The van der Waals surface area contributed by atoms with Crippen LogP contribution >= 0.6 is 11.6 Å². The Kier molecular flexibility index (Phi) is 6.62. The van der Waals surface area contributed by atoms with Crippen molar-refractivity contribution in [3.63, 3.8) is 0 Å². The predicted octanol–water partition coefficient (Wildman–Crippen LogP) is 3.14. The molecule has 0 aliphatic carbocycles. The number of benzene rings is 1. The lowest BCUT2D eigenvalue weighted by atomic mass is 10.2. The van der Waals surface area contributed by atoms with Gasteiger partial charge in [-0.25, -0.2) is 9.78 Å². The fourth-order valence-corrected chi connectivity index (χ4v) is 2.30. The minimum Gasteiger partial charge on any atom is -0.478 e. The molecule has 2 aromatic rings. The Hall–Kier alpha value is -3.08. The third-order valence-corrected chi connectivity index (χ3v) is 3.66. The molecule has 0 unspecified atom stereocenters. The number of carboxylic acid groups (broad SMARTS) is 1. The number of carbonyl (C=O) groups excluding carboxylic acids is 1. The van der Waals surface area contributed by atoms with E-state index in [0.717, 1.165) is 0 Å². The van der Waals surface area contributed by atoms with Gasteiger partial charge in [0.1, 0.15) is 11.4 Å². The summed E-state index contributed by atoms with van der Waals surface area (Å²) in [5, 5.41) is 16.5. The Bertz CT molecular complexity index is 892. The van der Waals surface area contributed by atoms with Gasteiger partial charge in [-0.15, -0.1) is 0 Å². The van der Waals surface area contributed by atoms with Gasteiger partial charge in [0, 0.05) is 26.2 Å². The molecule has 0 radical (unpaired) electrons. The SMILES string of the molecule is CC(=O)NCCNc1nc(Nc2ccc(C(=O)O)cc2Cl)ncc1C(F)(F)F. The van der Waals surface area contributed by atoms with Crippen molar-refractivity contribution in [3.8, 4) is 0 Å². The van der Waals surface area contributed by atoms with Crippen LogP contribution in [0.25, 0.3) is 0 Å². The fourth-order valence-electron chi connectivity index (χ4n) is 2.07. The number of aromatic nitrogens is 2. The van der Waals surface area contributed by atoms with Crippen LogP contribution in [0.3, 0.4) is 0 Å². The highest BCUT2D eigenvalue weighted by atomic mass is 35.5. The summed E-state index contributed by atoms with van der Waals surface area (Å²) in [4.78, 5) is 29.2. The molecule has 0 fully saturated rings. The molecule has 28 heavy (non-hydrogen) atoms. The summed E-state index contributed by atoms with van der Waals surface area (Å²) in [7, 11) is 0. The number of amides is 1. The van der Waals surface area contributed by atoms with Crippen molar-refractivity contribution in [2.75, 3.05) is 23.7 Å². The molecule has 150 valence electrons. The topological polar surface area (TPSA) is 116 Å². The van der Waals surface area contributed by atoms with Gasteiger partial charge in [-0.2, -0.15) is 18.2 Å². The molecule has 2 rings (SSSR count). The summed E-state index contributed by atoms with van der Waals surface area (Å²) < 4.78 is 39.4. The number of anilines is 3. The highest BCUT2D eigenvalue weighted by Gasteiger charge is 2.35. The maximum atomic E-state index is 13.1. The Morgan fingerprint density at radius 1 is 1.25 bits per heavy atom. The van der Waals surface area contributed by atoms with Gasteiger partial charge in [-0.3, -0.25) is 4.79 Å². The summed E-state index contributed by atoms with van der Waals surface area (Å²) in [6, 6.07) is 3.80. The third kappa shape index (κ3) is 5.71. The molecule has 0 atom stereocenters. The van der Waals surface area contributed by atoms with E-state index >= 15 is 0 Å².